The third-order valence-corrected chi connectivity index (χ3v) is 4.89. The lowest BCUT2D eigenvalue weighted by Crippen LogP contribution is -2.00. The molecule has 1 nitrogen and oxygen atoms in total. The van der Waals surface area contributed by atoms with Crippen molar-refractivity contribution in [3.05, 3.63) is 62.8 Å². The molecule has 1 atom stereocenters. The number of halogens is 4. The molecule has 2 aromatic carbocycles. The number of hydrogen-bond donors (Lipinski definition) is 0. The summed E-state index contributed by atoms with van der Waals surface area (Å²) in [5, 5.41) is 0.449. The van der Waals surface area contributed by atoms with Crippen LogP contribution in [0.15, 0.2) is 40.9 Å². The molecule has 0 fully saturated rings. The van der Waals surface area contributed by atoms with Crippen molar-refractivity contribution in [2.24, 2.45) is 0 Å². The minimum Gasteiger partial charge on any atom is -0.493 e. The van der Waals surface area contributed by atoms with Gasteiger partial charge in [-0.15, -0.1) is 0 Å². The first-order chi connectivity index (χ1) is 10.0. The molecule has 0 saturated heterocycles. The second-order valence-electron chi connectivity index (χ2n) is 4.49. The first-order valence-electron chi connectivity index (χ1n) is 6.52. The fraction of sp³-hybridized carbons (Fsp3) is 0.250. The summed E-state index contributed by atoms with van der Waals surface area (Å²) in [4.78, 5) is -0.0288. The van der Waals surface area contributed by atoms with Crippen LogP contribution in [-0.2, 0) is 6.42 Å². The summed E-state index contributed by atoms with van der Waals surface area (Å²) in [6.07, 6.45) is 0.478. The fourth-order valence-electron chi connectivity index (χ4n) is 2.01. The molecule has 0 bridgehead atoms. The molecule has 0 N–H and O–H groups in total. The maximum absolute atomic E-state index is 13.8. The number of ether oxygens (including phenoxy) is 1. The van der Waals surface area contributed by atoms with Crippen molar-refractivity contribution in [3.63, 3.8) is 0 Å². The molecule has 0 amide bonds. The van der Waals surface area contributed by atoms with Gasteiger partial charge in [-0.1, -0.05) is 39.7 Å². The van der Waals surface area contributed by atoms with E-state index < -0.39 is 0 Å². The van der Waals surface area contributed by atoms with Gasteiger partial charge in [0.15, 0.2) is 0 Å². The highest BCUT2D eigenvalue weighted by Gasteiger charge is 2.15. The lowest BCUT2D eigenvalue weighted by atomic mass is 10.0. The van der Waals surface area contributed by atoms with Gasteiger partial charge in [0.25, 0.3) is 0 Å². The van der Waals surface area contributed by atoms with Crippen LogP contribution in [0.1, 0.15) is 22.9 Å². The normalized spacial score (nSPS) is 12.2. The van der Waals surface area contributed by atoms with E-state index in [1.54, 1.807) is 12.1 Å². The van der Waals surface area contributed by atoms with E-state index in [0.29, 0.717) is 23.6 Å². The Morgan fingerprint density at radius 3 is 2.67 bits per heavy atom. The van der Waals surface area contributed by atoms with E-state index in [4.69, 9.17) is 16.3 Å². The summed E-state index contributed by atoms with van der Waals surface area (Å²) in [6, 6.07) is 10.6. The van der Waals surface area contributed by atoms with Crippen LogP contribution in [0.4, 0.5) is 4.39 Å². The van der Waals surface area contributed by atoms with E-state index in [0.717, 1.165) is 15.8 Å². The highest BCUT2D eigenvalue weighted by molar-refractivity contribution is 9.10. The molecule has 0 aromatic heterocycles. The zero-order chi connectivity index (χ0) is 15.4. The van der Waals surface area contributed by atoms with Crippen LogP contribution < -0.4 is 4.74 Å². The van der Waals surface area contributed by atoms with Crippen LogP contribution in [0.5, 0.6) is 5.75 Å². The van der Waals surface area contributed by atoms with Crippen molar-refractivity contribution in [2.75, 3.05) is 6.61 Å². The van der Waals surface area contributed by atoms with Gasteiger partial charge < -0.3 is 4.74 Å². The standard InChI is InChI=1S/C16H14Br2ClFO/c1-2-21-16-7-6-10(8-13(16)18)12(17)9-11-14(19)4-3-5-15(11)20/h3-8,12H,2,9H2,1H3. The summed E-state index contributed by atoms with van der Waals surface area (Å²) in [6.45, 7) is 2.55. The van der Waals surface area contributed by atoms with Gasteiger partial charge >= 0.3 is 0 Å². The van der Waals surface area contributed by atoms with Gasteiger partial charge in [0.05, 0.1) is 11.1 Å². The van der Waals surface area contributed by atoms with Crippen LogP contribution in [0, 0.1) is 5.82 Å². The Morgan fingerprint density at radius 2 is 2.05 bits per heavy atom. The van der Waals surface area contributed by atoms with Crippen LogP contribution in [0.3, 0.4) is 0 Å². The van der Waals surface area contributed by atoms with Crippen molar-refractivity contribution < 1.29 is 9.13 Å². The molecule has 1 unspecified atom stereocenters. The van der Waals surface area contributed by atoms with E-state index in [9.17, 15) is 4.39 Å². The predicted molar refractivity (Wildman–Crippen MR) is 92.1 cm³/mol. The molecule has 0 radical (unpaired) electrons. The Kier molecular flexibility index (Phi) is 6.08. The Hall–Kier alpha value is -0.580. The van der Waals surface area contributed by atoms with E-state index in [2.05, 4.69) is 31.9 Å². The molecule has 5 heteroatoms. The van der Waals surface area contributed by atoms with Gasteiger partial charge in [-0.25, -0.2) is 4.39 Å². The maximum Gasteiger partial charge on any atom is 0.133 e. The molecule has 21 heavy (non-hydrogen) atoms. The first kappa shape index (κ1) is 16.8. The molecule has 0 aliphatic rings. The quantitative estimate of drug-likeness (QED) is 0.499. The Bertz CT molecular complexity index is 613. The fourth-order valence-corrected chi connectivity index (χ4v) is 3.37. The van der Waals surface area contributed by atoms with Crippen molar-refractivity contribution in [1.82, 2.24) is 0 Å². The second-order valence-corrected chi connectivity index (χ2v) is 6.86. The molecule has 0 spiro atoms. The summed E-state index contributed by atoms with van der Waals surface area (Å²) < 4.78 is 20.2. The highest BCUT2D eigenvalue weighted by Crippen LogP contribution is 2.35. The SMILES string of the molecule is CCOc1ccc(C(Br)Cc2c(F)cccc2Cl)cc1Br. The van der Waals surface area contributed by atoms with Gasteiger partial charge in [-0.05, 0) is 59.1 Å². The minimum atomic E-state index is -0.281. The molecule has 0 heterocycles. The lowest BCUT2D eigenvalue weighted by molar-refractivity contribution is 0.338. The number of alkyl halides is 1. The van der Waals surface area contributed by atoms with Crippen LogP contribution in [-0.4, -0.2) is 6.61 Å². The molecule has 0 aliphatic heterocycles. The topological polar surface area (TPSA) is 9.23 Å². The van der Waals surface area contributed by atoms with Crippen LogP contribution in [0.25, 0.3) is 0 Å². The Labute approximate surface area is 145 Å². The number of hydrogen-bond acceptors (Lipinski definition) is 1. The van der Waals surface area contributed by atoms with E-state index in [1.807, 2.05) is 25.1 Å². The van der Waals surface area contributed by atoms with Crippen LogP contribution in [0.2, 0.25) is 5.02 Å². The van der Waals surface area contributed by atoms with Gasteiger partial charge in [0, 0.05) is 15.4 Å². The van der Waals surface area contributed by atoms with Crippen LogP contribution >= 0.6 is 43.5 Å². The minimum absolute atomic E-state index is 0.0288. The largest absolute Gasteiger partial charge is 0.493 e. The summed E-state index contributed by atoms with van der Waals surface area (Å²) in [5.74, 6) is 0.516. The summed E-state index contributed by atoms with van der Waals surface area (Å²) >= 11 is 13.2. The first-order valence-corrected chi connectivity index (χ1v) is 8.60. The summed E-state index contributed by atoms with van der Waals surface area (Å²) in [7, 11) is 0. The zero-order valence-electron chi connectivity index (χ0n) is 11.4. The Morgan fingerprint density at radius 1 is 1.29 bits per heavy atom. The van der Waals surface area contributed by atoms with E-state index >= 15 is 0 Å². The van der Waals surface area contributed by atoms with Gasteiger partial charge in [-0.2, -0.15) is 0 Å². The van der Waals surface area contributed by atoms with Crippen molar-refractivity contribution in [2.45, 2.75) is 18.2 Å². The summed E-state index contributed by atoms with van der Waals surface area (Å²) in [5.41, 5.74) is 1.55. The van der Waals surface area contributed by atoms with Crippen molar-refractivity contribution in [3.8, 4) is 5.75 Å². The Balaban J connectivity index is 2.20. The third kappa shape index (κ3) is 4.21. The van der Waals surface area contributed by atoms with Gasteiger partial charge in [-0.3, -0.25) is 0 Å². The molecule has 2 rings (SSSR count). The maximum atomic E-state index is 13.8. The monoisotopic (exact) mass is 434 g/mol. The number of benzene rings is 2. The van der Waals surface area contributed by atoms with E-state index in [-0.39, 0.29) is 10.6 Å². The van der Waals surface area contributed by atoms with Crippen molar-refractivity contribution in [1.29, 1.82) is 0 Å². The predicted octanol–water partition coefficient (Wildman–Crippen LogP) is 6.32. The lowest BCUT2D eigenvalue weighted by Gasteiger charge is -2.14. The molecular weight excluding hydrogens is 422 g/mol. The van der Waals surface area contributed by atoms with Crippen molar-refractivity contribution >= 4 is 43.5 Å². The van der Waals surface area contributed by atoms with Gasteiger partial charge in [0.2, 0.25) is 0 Å². The smallest absolute Gasteiger partial charge is 0.133 e. The highest BCUT2D eigenvalue weighted by atomic mass is 79.9. The molecule has 0 aliphatic carbocycles. The molecule has 0 saturated carbocycles. The third-order valence-electron chi connectivity index (χ3n) is 3.06. The average molecular weight is 437 g/mol. The zero-order valence-corrected chi connectivity index (χ0v) is 15.3. The van der Waals surface area contributed by atoms with Gasteiger partial charge in [0.1, 0.15) is 11.6 Å². The average Bonchev–Trinajstić information content (AvgIpc) is 2.45. The van der Waals surface area contributed by atoms with E-state index in [1.165, 1.54) is 6.07 Å². The molecule has 112 valence electrons. The second kappa shape index (κ2) is 7.61. The number of rotatable bonds is 5. The molecule has 2 aromatic rings. The molecular formula is C16H14Br2ClFO.